The molecule has 1 atom stereocenters. The summed E-state index contributed by atoms with van der Waals surface area (Å²) in [5.74, 6) is 0. The van der Waals surface area contributed by atoms with Gasteiger partial charge in [-0.25, -0.2) is 22.0 Å². The van der Waals surface area contributed by atoms with E-state index in [0.29, 0.717) is 30.1 Å². The zero-order valence-electron chi connectivity index (χ0n) is 13.0. The minimum Gasteiger partial charge on any atom is -0.380 e. The van der Waals surface area contributed by atoms with Crippen molar-refractivity contribution in [1.29, 1.82) is 0 Å². The first-order valence-electron chi connectivity index (χ1n) is 7.19. The van der Waals surface area contributed by atoms with Crippen molar-refractivity contribution in [3.8, 4) is 0 Å². The standard InChI is InChI=1S/C12H21N3O5S3/c1-3-14-10-8-15(5-6-20-4-2)23(18,19)12-9(10)7-11(21-12)22(13,16)17/h7,10,14H,3-6,8H2,1-2H3,(H2,13,16,17)/t10-/m0/s1. The van der Waals surface area contributed by atoms with E-state index in [-0.39, 0.29) is 34.2 Å². The Hall–Kier alpha value is -0.560. The second kappa shape index (κ2) is 7.13. The second-order valence-electron chi connectivity index (χ2n) is 5.02. The molecule has 1 aromatic heterocycles. The molecule has 0 fully saturated rings. The van der Waals surface area contributed by atoms with E-state index in [1.165, 1.54) is 10.4 Å². The molecule has 8 nitrogen and oxygen atoms in total. The highest BCUT2D eigenvalue weighted by Gasteiger charge is 2.39. The minimum atomic E-state index is -3.94. The topological polar surface area (TPSA) is 119 Å². The van der Waals surface area contributed by atoms with Crippen LogP contribution < -0.4 is 10.5 Å². The van der Waals surface area contributed by atoms with E-state index in [9.17, 15) is 16.8 Å². The van der Waals surface area contributed by atoms with Crippen molar-refractivity contribution in [2.45, 2.75) is 28.3 Å². The molecule has 0 saturated carbocycles. The van der Waals surface area contributed by atoms with Crippen LogP contribution in [0.2, 0.25) is 0 Å². The highest BCUT2D eigenvalue weighted by molar-refractivity contribution is 7.94. The first-order valence-corrected chi connectivity index (χ1v) is 11.0. The predicted octanol–water partition coefficient (Wildman–Crippen LogP) is 0.0869. The Morgan fingerprint density at radius 2 is 2.17 bits per heavy atom. The number of nitrogens with zero attached hydrogens (tertiary/aromatic N) is 1. The van der Waals surface area contributed by atoms with Crippen LogP contribution in [-0.4, -0.2) is 54.0 Å². The van der Waals surface area contributed by atoms with Gasteiger partial charge in [0.25, 0.3) is 10.0 Å². The molecule has 2 rings (SSSR count). The van der Waals surface area contributed by atoms with Gasteiger partial charge in [0.2, 0.25) is 10.0 Å². The molecular weight excluding hydrogens is 362 g/mol. The Kier molecular flexibility index (Phi) is 5.82. The fourth-order valence-electron chi connectivity index (χ4n) is 2.41. The van der Waals surface area contributed by atoms with Gasteiger partial charge < -0.3 is 10.1 Å². The van der Waals surface area contributed by atoms with Crippen LogP contribution in [0, 0.1) is 0 Å². The summed E-state index contributed by atoms with van der Waals surface area (Å²) in [6.45, 7) is 5.62. The quantitative estimate of drug-likeness (QED) is 0.644. The molecule has 0 unspecified atom stereocenters. The SMILES string of the molecule is CCN[C@H]1CN(CCOCC)S(=O)(=O)c2sc(S(N)(=O)=O)cc21. The third-order valence-electron chi connectivity index (χ3n) is 3.46. The van der Waals surface area contributed by atoms with Gasteiger partial charge in [-0.1, -0.05) is 6.92 Å². The molecule has 0 saturated heterocycles. The fourth-order valence-corrected chi connectivity index (χ4v) is 6.66. The number of primary sulfonamides is 1. The van der Waals surface area contributed by atoms with Gasteiger partial charge >= 0.3 is 0 Å². The van der Waals surface area contributed by atoms with E-state index >= 15 is 0 Å². The molecule has 1 aliphatic rings. The number of hydrogen-bond acceptors (Lipinski definition) is 7. The molecular formula is C12H21N3O5S3. The van der Waals surface area contributed by atoms with Crippen LogP contribution in [0.25, 0.3) is 0 Å². The molecule has 0 spiro atoms. The summed E-state index contributed by atoms with van der Waals surface area (Å²) in [5, 5.41) is 8.33. The first kappa shape index (κ1) is 18.8. The third-order valence-corrected chi connectivity index (χ3v) is 8.42. The number of nitrogens with two attached hydrogens (primary N) is 1. The van der Waals surface area contributed by atoms with Crippen LogP contribution >= 0.6 is 11.3 Å². The summed E-state index contributed by atoms with van der Waals surface area (Å²) in [7, 11) is -7.68. The van der Waals surface area contributed by atoms with Crippen molar-refractivity contribution in [2.24, 2.45) is 5.14 Å². The largest absolute Gasteiger partial charge is 0.380 e. The number of nitrogens with one attached hydrogen (secondary N) is 1. The van der Waals surface area contributed by atoms with Crippen LogP contribution in [0.1, 0.15) is 25.5 Å². The molecule has 0 bridgehead atoms. The van der Waals surface area contributed by atoms with Gasteiger partial charge in [-0.15, -0.1) is 11.3 Å². The average molecular weight is 384 g/mol. The van der Waals surface area contributed by atoms with E-state index in [0.717, 1.165) is 0 Å². The smallest absolute Gasteiger partial charge is 0.253 e. The van der Waals surface area contributed by atoms with Crippen molar-refractivity contribution >= 4 is 31.4 Å². The van der Waals surface area contributed by atoms with Crippen LogP contribution in [-0.2, 0) is 24.8 Å². The van der Waals surface area contributed by atoms with Gasteiger partial charge in [-0.05, 0) is 19.5 Å². The average Bonchev–Trinajstić information content (AvgIpc) is 2.90. The van der Waals surface area contributed by atoms with Gasteiger partial charge in [-0.2, -0.15) is 4.31 Å². The number of hydrogen-bond donors (Lipinski definition) is 2. The highest BCUT2D eigenvalue weighted by atomic mass is 32.3. The molecule has 0 radical (unpaired) electrons. The lowest BCUT2D eigenvalue weighted by atomic mass is 10.1. The molecule has 11 heteroatoms. The summed E-state index contributed by atoms with van der Waals surface area (Å²) >= 11 is 0.698. The molecule has 2 heterocycles. The van der Waals surface area contributed by atoms with Gasteiger partial charge in [-0.3, -0.25) is 0 Å². The third kappa shape index (κ3) is 3.92. The van der Waals surface area contributed by atoms with Gasteiger partial charge in [0.05, 0.1) is 6.61 Å². The second-order valence-corrected chi connectivity index (χ2v) is 10.00. The maximum Gasteiger partial charge on any atom is 0.253 e. The van der Waals surface area contributed by atoms with Crippen LogP contribution in [0.5, 0.6) is 0 Å². The molecule has 0 amide bonds. The van der Waals surface area contributed by atoms with Crippen molar-refractivity contribution in [1.82, 2.24) is 9.62 Å². The number of sulfonamides is 2. The summed E-state index contributed by atoms with van der Waals surface area (Å²) in [6, 6.07) is 1.09. The molecule has 1 aliphatic heterocycles. The van der Waals surface area contributed by atoms with Crippen LogP contribution in [0.3, 0.4) is 0 Å². The van der Waals surface area contributed by atoms with Crippen LogP contribution in [0.15, 0.2) is 14.5 Å². The van der Waals surface area contributed by atoms with Crippen molar-refractivity contribution < 1.29 is 21.6 Å². The Balaban J connectivity index is 2.44. The Morgan fingerprint density at radius 1 is 1.48 bits per heavy atom. The number of ether oxygens (including phenoxy) is 1. The normalized spacial score (nSPS) is 21.3. The van der Waals surface area contributed by atoms with E-state index in [4.69, 9.17) is 9.88 Å². The summed E-state index contributed by atoms with van der Waals surface area (Å²) < 4.78 is 55.0. The van der Waals surface area contributed by atoms with E-state index < -0.39 is 20.0 Å². The zero-order valence-corrected chi connectivity index (χ0v) is 15.4. The van der Waals surface area contributed by atoms with Gasteiger partial charge in [0.1, 0.15) is 8.42 Å². The lowest BCUT2D eigenvalue weighted by molar-refractivity contribution is 0.131. The van der Waals surface area contributed by atoms with E-state index in [2.05, 4.69) is 5.32 Å². The summed E-state index contributed by atoms with van der Waals surface area (Å²) in [5.41, 5.74) is 0.466. The van der Waals surface area contributed by atoms with Crippen molar-refractivity contribution in [3.63, 3.8) is 0 Å². The van der Waals surface area contributed by atoms with Crippen molar-refractivity contribution in [3.05, 3.63) is 11.6 Å². The lowest BCUT2D eigenvalue weighted by Crippen LogP contribution is -2.44. The Morgan fingerprint density at radius 3 is 2.74 bits per heavy atom. The molecule has 3 N–H and O–H groups in total. The van der Waals surface area contributed by atoms with Gasteiger partial charge in [0.15, 0.2) is 0 Å². The van der Waals surface area contributed by atoms with E-state index in [1.807, 2.05) is 13.8 Å². The predicted molar refractivity (Wildman–Crippen MR) is 87.4 cm³/mol. The maximum atomic E-state index is 12.7. The highest BCUT2D eigenvalue weighted by Crippen LogP contribution is 2.39. The Bertz CT molecular complexity index is 757. The molecule has 1 aromatic rings. The molecule has 132 valence electrons. The number of likely N-dealkylation sites (N-methyl/N-ethyl adjacent to an activating group) is 1. The molecule has 0 aromatic carbocycles. The number of fused-ring (bicyclic) bond motifs is 1. The maximum absolute atomic E-state index is 12.7. The monoisotopic (exact) mass is 383 g/mol. The molecule has 0 aliphatic carbocycles. The number of thiophene rings is 1. The lowest BCUT2D eigenvalue weighted by Gasteiger charge is -2.32. The zero-order chi connectivity index (χ0) is 17.3. The molecule has 23 heavy (non-hydrogen) atoms. The Labute approximate surface area is 140 Å². The summed E-state index contributed by atoms with van der Waals surface area (Å²) in [4.78, 5) is 0. The van der Waals surface area contributed by atoms with Crippen molar-refractivity contribution in [2.75, 3.05) is 32.8 Å². The van der Waals surface area contributed by atoms with Crippen LogP contribution in [0.4, 0.5) is 0 Å². The summed E-state index contributed by atoms with van der Waals surface area (Å²) in [6.07, 6.45) is 0. The number of rotatable bonds is 7. The van der Waals surface area contributed by atoms with E-state index in [1.54, 1.807) is 0 Å². The minimum absolute atomic E-state index is 0.0372. The first-order chi connectivity index (χ1) is 10.7. The fraction of sp³-hybridized carbons (Fsp3) is 0.667. The van der Waals surface area contributed by atoms with Gasteiger partial charge in [0, 0.05) is 31.3 Å².